The largest absolute Gasteiger partial charge is 0.465 e. The fourth-order valence-corrected chi connectivity index (χ4v) is 2.64. The van der Waals surface area contributed by atoms with E-state index in [-0.39, 0.29) is 0 Å². The maximum atomic E-state index is 5.73. The van der Waals surface area contributed by atoms with E-state index in [2.05, 4.69) is 30.1 Å². The van der Waals surface area contributed by atoms with Gasteiger partial charge >= 0.3 is 0 Å². The van der Waals surface area contributed by atoms with Crippen LogP contribution < -0.4 is 5.32 Å². The van der Waals surface area contributed by atoms with Crippen LogP contribution in [0, 0.1) is 12.8 Å². The summed E-state index contributed by atoms with van der Waals surface area (Å²) in [5.74, 6) is 3.03. The lowest BCUT2D eigenvalue weighted by atomic mass is 10.1. The number of nitrogens with one attached hydrogen (secondary N) is 1. The fourth-order valence-electron chi connectivity index (χ4n) is 2.64. The molecule has 1 aromatic rings. The van der Waals surface area contributed by atoms with Gasteiger partial charge in [0.05, 0.1) is 6.54 Å². The molecule has 2 rings (SSSR count). The second kappa shape index (κ2) is 5.69. The van der Waals surface area contributed by atoms with Gasteiger partial charge in [0.25, 0.3) is 0 Å². The van der Waals surface area contributed by atoms with Crippen molar-refractivity contribution in [2.45, 2.75) is 39.8 Å². The summed E-state index contributed by atoms with van der Waals surface area (Å²) in [6.45, 7) is 8.73. The Morgan fingerprint density at radius 1 is 1.53 bits per heavy atom. The molecule has 3 heteroatoms. The zero-order valence-corrected chi connectivity index (χ0v) is 11.3. The first kappa shape index (κ1) is 12.7. The van der Waals surface area contributed by atoms with Crippen molar-refractivity contribution in [3.05, 3.63) is 23.2 Å². The van der Waals surface area contributed by atoms with Gasteiger partial charge in [0, 0.05) is 18.7 Å². The Bertz CT molecular complexity index is 359. The normalized spacial score (nSPS) is 21.2. The summed E-state index contributed by atoms with van der Waals surface area (Å²) in [5, 5.41) is 3.13. The molecule has 0 aliphatic carbocycles. The quantitative estimate of drug-likeness (QED) is 0.851. The van der Waals surface area contributed by atoms with Crippen molar-refractivity contribution in [3.63, 3.8) is 0 Å². The molecule has 2 heterocycles. The van der Waals surface area contributed by atoms with Gasteiger partial charge in [-0.05, 0) is 38.9 Å². The van der Waals surface area contributed by atoms with Crippen LogP contribution >= 0.6 is 0 Å². The summed E-state index contributed by atoms with van der Waals surface area (Å²) in [5.41, 5.74) is 1.35. The maximum absolute atomic E-state index is 5.73. The highest BCUT2D eigenvalue weighted by atomic mass is 16.3. The van der Waals surface area contributed by atoms with Gasteiger partial charge in [-0.15, -0.1) is 0 Å². The Balaban J connectivity index is 1.94. The van der Waals surface area contributed by atoms with Gasteiger partial charge in [-0.3, -0.25) is 4.90 Å². The average molecular weight is 236 g/mol. The van der Waals surface area contributed by atoms with E-state index in [0.717, 1.165) is 30.5 Å². The summed E-state index contributed by atoms with van der Waals surface area (Å²) in [6.07, 6.45) is 2.67. The van der Waals surface area contributed by atoms with Gasteiger partial charge in [0.1, 0.15) is 11.5 Å². The molecule has 3 nitrogen and oxygen atoms in total. The van der Waals surface area contributed by atoms with Crippen molar-refractivity contribution in [2.75, 3.05) is 20.1 Å². The molecule has 1 aromatic heterocycles. The molecule has 1 fully saturated rings. The first-order valence-corrected chi connectivity index (χ1v) is 6.68. The van der Waals surface area contributed by atoms with E-state index in [4.69, 9.17) is 4.42 Å². The van der Waals surface area contributed by atoms with E-state index in [9.17, 15) is 0 Å². The van der Waals surface area contributed by atoms with Crippen molar-refractivity contribution in [1.29, 1.82) is 0 Å². The second-order valence-corrected chi connectivity index (χ2v) is 5.12. The third-order valence-corrected chi connectivity index (χ3v) is 3.76. The molecule has 0 radical (unpaired) electrons. The van der Waals surface area contributed by atoms with Gasteiger partial charge in [0.2, 0.25) is 0 Å². The monoisotopic (exact) mass is 236 g/mol. The second-order valence-electron chi connectivity index (χ2n) is 5.12. The van der Waals surface area contributed by atoms with E-state index in [1.165, 1.54) is 31.5 Å². The highest BCUT2D eigenvalue weighted by molar-refractivity contribution is 5.20. The standard InChI is InChI=1S/C14H24N2O/c1-4-12-5-6-16(9-12)10-13-7-14(8-15-3)17-11(13)2/h7,12,15H,4-6,8-10H2,1-3H3. The first-order valence-electron chi connectivity index (χ1n) is 6.68. The Hall–Kier alpha value is -0.800. The molecular weight excluding hydrogens is 212 g/mol. The molecule has 96 valence electrons. The molecule has 0 saturated carbocycles. The first-order chi connectivity index (χ1) is 8.22. The number of likely N-dealkylation sites (tertiary alicyclic amines) is 1. The van der Waals surface area contributed by atoms with Crippen LogP contribution in [0.15, 0.2) is 10.5 Å². The van der Waals surface area contributed by atoms with Crippen LogP contribution in [0.3, 0.4) is 0 Å². The number of hydrogen-bond acceptors (Lipinski definition) is 3. The zero-order valence-electron chi connectivity index (χ0n) is 11.3. The molecule has 1 saturated heterocycles. The topological polar surface area (TPSA) is 28.4 Å². The van der Waals surface area contributed by atoms with Crippen molar-refractivity contribution >= 4 is 0 Å². The van der Waals surface area contributed by atoms with Gasteiger partial charge in [0.15, 0.2) is 0 Å². The van der Waals surface area contributed by atoms with Crippen LogP contribution in [0.5, 0.6) is 0 Å². The molecule has 1 unspecified atom stereocenters. The van der Waals surface area contributed by atoms with Crippen LogP contribution in [-0.4, -0.2) is 25.0 Å². The smallest absolute Gasteiger partial charge is 0.118 e. The van der Waals surface area contributed by atoms with Crippen molar-refractivity contribution in [2.24, 2.45) is 5.92 Å². The van der Waals surface area contributed by atoms with Crippen LogP contribution in [0.2, 0.25) is 0 Å². The van der Waals surface area contributed by atoms with E-state index in [1.807, 2.05) is 7.05 Å². The molecule has 0 spiro atoms. The molecule has 1 aliphatic rings. The number of furan rings is 1. The average Bonchev–Trinajstić information content (AvgIpc) is 2.88. The molecule has 1 aliphatic heterocycles. The van der Waals surface area contributed by atoms with Crippen molar-refractivity contribution in [1.82, 2.24) is 10.2 Å². The SMILES string of the molecule is CCC1CCN(Cc2cc(CNC)oc2C)C1. The van der Waals surface area contributed by atoms with Gasteiger partial charge in [-0.2, -0.15) is 0 Å². The number of hydrogen-bond donors (Lipinski definition) is 1. The minimum atomic E-state index is 0.818. The summed E-state index contributed by atoms with van der Waals surface area (Å²) in [6, 6.07) is 2.20. The van der Waals surface area contributed by atoms with Crippen LogP contribution in [0.1, 0.15) is 36.8 Å². The summed E-state index contributed by atoms with van der Waals surface area (Å²) >= 11 is 0. The van der Waals surface area contributed by atoms with Crippen molar-refractivity contribution in [3.8, 4) is 0 Å². The Morgan fingerprint density at radius 2 is 2.35 bits per heavy atom. The summed E-state index contributed by atoms with van der Waals surface area (Å²) in [4.78, 5) is 2.55. The lowest BCUT2D eigenvalue weighted by Gasteiger charge is -2.14. The predicted octanol–water partition coefficient (Wildman–Crippen LogP) is 2.54. The maximum Gasteiger partial charge on any atom is 0.118 e. The van der Waals surface area contributed by atoms with Gasteiger partial charge in [-0.25, -0.2) is 0 Å². The zero-order chi connectivity index (χ0) is 12.3. The highest BCUT2D eigenvalue weighted by Gasteiger charge is 2.22. The van der Waals surface area contributed by atoms with Gasteiger partial charge in [-0.1, -0.05) is 13.3 Å². The minimum Gasteiger partial charge on any atom is -0.465 e. The third kappa shape index (κ3) is 3.11. The molecule has 1 atom stereocenters. The molecule has 0 amide bonds. The number of nitrogens with zero attached hydrogens (tertiary/aromatic N) is 1. The van der Waals surface area contributed by atoms with E-state index in [0.29, 0.717) is 0 Å². The number of aryl methyl sites for hydroxylation is 1. The lowest BCUT2D eigenvalue weighted by Crippen LogP contribution is -2.20. The minimum absolute atomic E-state index is 0.818. The lowest BCUT2D eigenvalue weighted by molar-refractivity contribution is 0.312. The predicted molar refractivity (Wildman–Crippen MR) is 69.9 cm³/mol. The molecule has 0 aromatic carbocycles. The number of rotatable bonds is 5. The molecule has 1 N–H and O–H groups in total. The fraction of sp³-hybridized carbons (Fsp3) is 0.714. The van der Waals surface area contributed by atoms with Crippen LogP contribution in [-0.2, 0) is 13.1 Å². The Labute approximate surface area is 104 Å². The van der Waals surface area contributed by atoms with Crippen LogP contribution in [0.4, 0.5) is 0 Å². The van der Waals surface area contributed by atoms with E-state index in [1.54, 1.807) is 0 Å². The Morgan fingerprint density at radius 3 is 3.00 bits per heavy atom. The third-order valence-electron chi connectivity index (χ3n) is 3.76. The summed E-state index contributed by atoms with van der Waals surface area (Å²) < 4.78 is 5.73. The van der Waals surface area contributed by atoms with E-state index < -0.39 is 0 Å². The van der Waals surface area contributed by atoms with Crippen molar-refractivity contribution < 1.29 is 4.42 Å². The molecule has 17 heavy (non-hydrogen) atoms. The van der Waals surface area contributed by atoms with Gasteiger partial charge < -0.3 is 9.73 Å². The molecule has 0 bridgehead atoms. The van der Waals surface area contributed by atoms with Crippen LogP contribution in [0.25, 0.3) is 0 Å². The molecular formula is C14H24N2O. The summed E-state index contributed by atoms with van der Waals surface area (Å²) in [7, 11) is 1.95. The van der Waals surface area contributed by atoms with E-state index >= 15 is 0 Å². The highest BCUT2D eigenvalue weighted by Crippen LogP contribution is 2.23. The Kier molecular flexibility index (Phi) is 4.24.